The van der Waals surface area contributed by atoms with Crippen molar-refractivity contribution in [2.24, 2.45) is 0 Å². The molecule has 0 bridgehead atoms. The van der Waals surface area contributed by atoms with Crippen LogP contribution in [0.2, 0.25) is 0 Å². The van der Waals surface area contributed by atoms with Gasteiger partial charge in [0.15, 0.2) is 0 Å². The van der Waals surface area contributed by atoms with Crippen molar-refractivity contribution in [2.75, 3.05) is 6.54 Å². The van der Waals surface area contributed by atoms with Crippen LogP contribution in [0.15, 0.2) is 64.4 Å². The molecular formula is C18H18N2O2S. The topological polar surface area (TPSA) is 58.2 Å². The van der Waals surface area contributed by atoms with E-state index in [0.717, 1.165) is 9.79 Å². The Bertz CT molecular complexity index is 693. The highest BCUT2D eigenvalue weighted by atomic mass is 32.2. The molecule has 0 aliphatic carbocycles. The number of nitrogens with one attached hydrogen (secondary N) is 2. The first-order valence-electron chi connectivity index (χ1n) is 7.62. The summed E-state index contributed by atoms with van der Waals surface area (Å²) in [6.07, 6.45) is 1.15. The van der Waals surface area contributed by atoms with E-state index in [4.69, 9.17) is 0 Å². The van der Waals surface area contributed by atoms with E-state index in [-0.39, 0.29) is 17.9 Å². The number of amides is 2. The van der Waals surface area contributed by atoms with Gasteiger partial charge in [0.1, 0.15) is 0 Å². The van der Waals surface area contributed by atoms with Crippen LogP contribution < -0.4 is 10.6 Å². The highest BCUT2D eigenvalue weighted by molar-refractivity contribution is 7.99. The maximum absolute atomic E-state index is 12.6. The van der Waals surface area contributed by atoms with Gasteiger partial charge in [0.05, 0.1) is 5.56 Å². The number of hydrogen-bond donors (Lipinski definition) is 2. The summed E-state index contributed by atoms with van der Waals surface area (Å²) >= 11 is 1.57. The molecule has 0 aromatic heterocycles. The predicted molar refractivity (Wildman–Crippen MR) is 90.5 cm³/mol. The van der Waals surface area contributed by atoms with E-state index < -0.39 is 0 Å². The molecule has 2 aromatic carbocycles. The number of carbonyl (C=O) groups excluding carboxylic acids is 2. The fourth-order valence-electron chi connectivity index (χ4n) is 2.48. The monoisotopic (exact) mass is 326 g/mol. The lowest BCUT2D eigenvalue weighted by Crippen LogP contribution is -2.47. The zero-order valence-electron chi connectivity index (χ0n) is 12.6. The Labute approximate surface area is 139 Å². The summed E-state index contributed by atoms with van der Waals surface area (Å²) in [4.78, 5) is 25.8. The Balaban J connectivity index is 1.72. The summed E-state index contributed by atoms with van der Waals surface area (Å²) < 4.78 is 0. The minimum absolute atomic E-state index is 0.00465. The van der Waals surface area contributed by atoms with Crippen LogP contribution in [0.3, 0.4) is 0 Å². The molecule has 4 nitrogen and oxygen atoms in total. The molecule has 3 rings (SSSR count). The second-order valence-corrected chi connectivity index (χ2v) is 6.54. The molecule has 0 saturated carbocycles. The fraction of sp³-hybridized carbons (Fsp3) is 0.222. The number of benzene rings is 2. The normalized spacial score (nSPS) is 17.4. The van der Waals surface area contributed by atoms with Gasteiger partial charge < -0.3 is 10.6 Å². The van der Waals surface area contributed by atoms with Gasteiger partial charge in [-0.2, -0.15) is 0 Å². The first kappa shape index (κ1) is 15.6. The predicted octanol–water partition coefficient (Wildman–Crippen LogP) is 2.85. The Kier molecular flexibility index (Phi) is 4.98. The quantitative estimate of drug-likeness (QED) is 0.908. The van der Waals surface area contributed by atoms with Gasteiger partial charge in [0, 0.05) is 28.8 Å². The number of carbonyl (C=O) groups is 2. The molecule has 1 aliphatic rings. The molecule has 2 N–H and O–H groups in total. The lowest BCUT2D eigenvalue weighted by molar-refractivity contribution is -0.122. The van der Waals surface area contributed by atoms with Crippen LogP contribution in [-0.2, 0) is 4.79 Å². The van der Waals surface area contributed by atoms with Crippen LogP contribution >= 0.6 is 11.8 Å². The number of rotatable bonds is 4. The average molecular weight is 326 g/mol. The van der Waals surface area contributed by atoms with Gasteiger partial charge in [-0.15, -0.1) is 0 Å². The molecule has 0 radical (unpaired) electrons. The minimum Gasteiger partial charge on any atom is -0.354 e. The summed E-state index contributed by atoms with van der Waals surface area (Å²) in [6.45, 7) is 0.499. The third kappa shape index (κ3) is 4.13. The molecule has 118 valence electrons. The SMILES string of the molecule is O=C1CCC(NC(=O)c2ccccc2Sc2ccccc2)CN1. The lowest BCUT2D eigenvalue weighted by Gasteiger charge is -2.23. The standard InChI is InChI=1S/C18H18N2O2S/c21-17-11-10-13(12-19-17)20-18(22)15-8-4-5-9-16(15)23-14-6-2-1-3-7-14/h1-9,13H,10-12H2,(H,19,21)(H,20,22). The van der Waals surface area contributed by atoms with Crippen LogP contribution in [0.4, 0.5) is 0 Å². The van der Waals surface area contributed by atoms with E-state index in [1.165, 1.54) is 0 Å². The van der Waals surface area contributed by atoms with Crippen molar-refractivity contribution in [2.45, 2.75) is 28.7 Å². The zero-order valence-corrected chi connectivity index (χ0v) is 13.4. The van der Waals surface area contributed by atoms with Gasteiger partial charge in [0.25, 0.3) is 5.91 Å². The lowest BCUT2D eigenvalue weighted by atomic mass is 10.1. The van der Waals surface area contributed by atoms with Crippen LogP contribution in [0, 0.1) is 0 Å². The zero-order chi connectivity index (χ0) is 16.1. The van der Waals surface area contributed by atoms with Gasteiger partial charge in [-0.3, -0.25) is 9.59 Å². The fourth-order valence-corrected chi connectivity index (χ4v) is 3.44. The molecule has 1 aliphatic heterocycles. The van der Waals surface area contributed by atoms with E-state index >= 15 is 0 Å². The first-order valence-corrected chi connectivity index (χ1v) is 8.43. The molecule has 1 heterocycles. The number of piperidine rings is 1. The maximum Gasteiger partial charge on any atom is 0.252 e. The van der Waals surface area contributed by atoms with E-state index in [1.807, 2.05) is 54.6 Å². The maximum atomic E-state index is 12.6. The van der Waals surface area contributed by atoms with Crippen molar-refractivity contribution < 1.29 is 9.59 Å². The molecular weight excluding hydrogens is 308 g/mol. The highest BCUT2D eigenvalue weighted by Crippen LogP contribution is 2.30. The summed E-state index contributed by atoms with van der Waals surface area (Å²) in [5.41, 5.74) is 0.665. The van der Waals surface area contributed by atoms with Crippen molar-refractivity contribution in [1.82, 2.24) is 10.6 Å². The summed E-state index contributed by atoms with van der Waals surface area (Å²) in [6, 6.07) is 17.6. The third-order valence-corrected chi connectivity index (χ3v) is 4.79. The van der Waals surface area contributed by atoms with E-state index in [0.29, 0.717) is 24.9 Å². The van der Waals surface area contributed by atoms with Crippen molar-refractivity contribution >= 4 is 23.6 Å². The summed E-state index contributed by atoms with van der Waals surface area (Å²) in [5, 5.41) is 5.80. The van der Waals surface area contributed by atoms with Gasteiger partial charge in [0.2, 0.25) is 5.91 Å². The van der Waals surface area contributed by atoms with E-state index in [2.05, 4.69) is 10.6 Å². The smallest absolute Gasteiger partial charge is 0.252 e. The molecule has 2 amide bonds. The summed E-state index contributed by atoms with van der Waals surface area (Å²) in [5.74, 6) is -0.0410. The molecule has 1 unspecified atom stereocenters. The van der Waals surface area contributed by atoms with Crippen LogP contribution in [0.1, 0.15) is 23.2 Å². The molecule has 23 heavy (non-hydrogen) atoms. The van der Waals surface area contributed by atoms with Crippen molar-refractivity contribution in [1.29, 1.82) is 0 Å². The molecule has 0 spiro atoms. The molecule has 1 atom stereocenters. The van der Waals surface area contributed by atoms with Crippen molar-refractivity contribution in [3.63, 3.8) is 0 Å². The van der Waals surface area contributed by atoms with Gasteiger partial charge in [-0.1, -0.05) is 42.1 Å². The average Bonchev–Trinajstić information content (AvgIpc) is 2.58. The van der Waals surface area contributed by atoms with E-state index in [9.17, 15) is 9.59 Å². The Hall–Kier alpha value is -2.27. The van der Waals surface area contributed by atoms with E-state index in [1.54, 1.807) is 11.8 Å². The Morgan fingerprint density at radius 2 is 1.83 bits per heavy atom. The third-order valence-electron chi connectivity index (χ3n) is 3.70. The van der Waals surface area contributed by atoms with Crippen LogP contribution in [0.5, 0.6) is 0 Å². The number of hydrogen-bond acceptors (Lipinski definition) is 3. The van der Waals surface area contributed by atoms with Crippen molar-refractivity contribution in [3.8, 4) is 0 Å². The second-order valence-electron chi connectivity index (χ2n) is 5.42. The Morgan fingerprint density at radius 1 is 1.09 bits per heavy atom. The van der Waals surface area contributed by atoms with Gasteiger partial charge in [-0.05, 0) is 30.7 Å². The second kappa shape index (κ2) is 7.33. The van der Waals surface area contributed by atoms with Crippen LogP contribution in [-0.4, -0.2) is 24.4 Å². The summed E-state index contributed by atoms with van der Waals surface area (Å²) in [7, 11) is 0. The van der Waals surface area contributed by atoms with Crippen molar-refractivity contribution in [3.05, 3.63) is 60.2 Å². The molecule has 5 heteroatoms. The largest absolute Gasteiger partial charge is 0.354 e. The molecule has 2 aromatic rings. The molecule has 1 saturated heterocycles. The Morgan fingerprint density at radius 3 is 2.57 bits per heavy atom. The van der Waals surface area contributed by atoms with Gasteiger partial charge in [-0.25, -0.2) is 0 Å². The first-order chi connectivity index (χ1) is 11.2. The molecule has 1 fully saturated rings. The van der Waals surface area contributed by atoms with Gasteiger partial charge >= 0.3 is 0 Å². The minimum atomic E-state index is -0.0924. The highest BCUT2D eigenvalue weighted by Gasteiger charge is 2.21. The van der Waals surface area contributed by atoms with Crippen LogP contribution in [0.25, 0.3) is 0 Å².